The number of rotatable bonds is 6. The smallest absolute Gasteiger partial charge is 0.191 e. The molecule has 2 N–H and O–H groups in total. The highest BCUT2D eigenvalue weighted by Gasteiger charge is 2.01. The van der Waals surface area contributed by atoms with Crippen molar-refractivity contribution < 1.29 is 4.74 Å². The summed E-state index contributed by atoms with van der Waals surface area (Å²) in [6, 6.07) is 12.4. The van der Waals surface area contributed by atoms with Crippen LogP contribution in [0.25, 0.3) is 0 Å². The fourth-order valence-electron chi connectivity index (χ4n) is 2.09. The van der Waals surface area contributed by atoms with E-state index in [0.717, 1.165) is 31.2 Å². The van der Waals surface area contributed by atoms with Crippen molar-refractivity contribution in [2.75, 3.05) is 20.7 Å². The monoisotopic (exact) mass is 317 g/mol. The van der Waals surface area contributed by atoms with Crippen LogP contribution in [0.2, 0.25) is 0 Å². The van der Waals surface area contributed by atoms with Gasteiger partial charge in [-0.15, -0.1) is 11.3 Å². The van der Waals surface area contributed by atoms with Crippen LogP contribution in [0.5, 0.6) is 5.75 Å². The standard InChI is InChI=1S/C17H23N3OS/c1-13-4-9-16(22-13)12-20-17(18-2)19-11-10-14-5-7-15(21-3)8-6-14/h4-9H,10-12H2,1-3H3,(H2,18,19,20). The fourth-order valence-corrected chi connectivity index (χ4v) is 2.92. The van der Waals surface area contributed by atoms with Gasteiger partial charge in [-0.1, -0.05) is 12.1 Å². The topological polar surface area (TPSA) is 45.7 Å². The molecule has 1 aromatic carbocycles. The van der Waals surface area contributed by atoms with Gasteiger partial charge in [-0.3, -0.25) is 4.99 Å². The van der Waals surface area contributed by atoms with Crippen LogP contribution >= 0.6 is 11.3 Å². The van der Waals surface area contributed by atoms with Crippen LogP contribution in [0.3, 0.4) is 0 Å². The van der Waals surface area contributed by atoms with Gasteiger partial charge in [0.1, 0.15) is 5.75 Å². The quantitative estimate of drug-likeness (QED) is 0.636. The van der Waals surface area contributed by atoms with Crippen molar-refractivity contribution >= 4 is 17.3 Å². The lowest BCUT2D eigenvalue weighted by atomic mass is 10.1. The van der Waals surface area contributed by atoms with Gasteiger partial charge in [-0.2, -0.15) is 0 Å². The number of hydrogen-bond donors (Lipinski definition) is 2. The first kappa shape index (κ1) is 16.4. The molecule has 0 amide bonds. The lowest BCUT2D eigenvalue weighted by Gasteiger charge is -2.11. The van der Waals surface area contributed by atoms with Gasteiger partial charge in [-0.25, -0.2) is 0 Å². The Labute approximate surface area is 136 Å². The van der Waals surface area contributed by atoms with Crippen molar-refractivity contribution in [1.29, 1.82) is 0 Å². The van der Waals surface area contributed by atoms with E-state index < -0.39 is 0 Å². The number of nitrogens with one attached hydrogen (secondary N) is 2. The van der Waals surface area contributed by atoms with Crippen LogP contribution < -0.4 is 15.4 Å². The highest BCUT2D eigenvalue weighted by Crippen LogP contribution is 2.14. The lowest BCUT2D eigenvalue weighted by molar-refractivity contribution is 0.414. The van der Waals surface area contributed by atoms with Crippen LogP contribution in [0.4, 0.5) is 0 Å². The number of nitrogens with zero attached hydrogens (tertiary/aromatic N) is 1. The third kappa shape index (κ3) is 5.07. The zero-order chi connectivity index (χ0) is 15.8. The van der Waals surface area contributed by atoms with E-state index in [9.17, 15) is 0 Å². The highest BCUT2D eigenvalue weighted by atomic mass is 32.1. The summed E-state index contributed by atoms with van der Waals surface area (Å²) in [6.07, 6.45) is 0.947. The van der Waals surface area contributed by atoms with Crippen molar-refractivity contribution in [2.45, 2.75) is 19.9 Å². The lowest BCUT2D eigenvalue weighted by Crippen LogP contribution is -2.37. The van der Waals surface area contributed by atoms with E-state index in [-0.39, 0.29) is 0 Å². The molecular formula is C17H23N3OS. The number of ether oxygens (including phenoxy) is 1. The van der Waals surface area contributed by atoms with Crippen molar-refractivity contribution in [3.8, 4) is 5.75 Å². The molecule has 0 bridgehead atoms. The molecule has 1 aromatic heterocycles. The highest BCUT2D eigenvalue weighted by molar-refractivity contribution is 7.11. The number of benzene rings is 1. The summed E-state index contributed by atoms with van der Waals surface area (Å²) in [5.74, 6) is 1.72. The molecule has 0 spiro atoms. The summed E-state index contributed by atoms with van der Waals surface area (Å²) < 4.78 is 5.16. The molecule has 0 saturated heterocycles. The summed E-state index contributed by atoms with van der Waals surface area (Å²) >= 11 is 1.81. The Kier molecular flexibility index (Phi) is 6.27. The summed E-state index contributed by atoms with van der Waals surface area (Å²) in [7, 11) is 3.48. The first-order chi connectivity index (χ1) is 10.7. The maximum Gasteiger partial charge on any atom is 0.191 e. The van der Waals surface area contributed by atoms with Gasteiger partial charge in [0.15, 0.2) is 5.96 Å². The Morgan fingerprint density at radius 2 is 1.91 bits per heavy atom. The first-order valence-electron chi connectivity index (χ1n) is 7.34. The molecule has 0 fully saturated rings. The molecule has 4 nitrogen and oxygen atoms in total. The minimum atomic E-state index is 0.806. The van der Waals surface area contributed by atoms with Crippen molar-refractivity contribution in [3.63, 3.8) is 0 Å². The summed E-state index contributed by atoms with van der Waals surface area (Å²) in [4.78, 5) is 6.90. The van der Waals surface area contributed by atoms with Gasteiger partial charge in [-0.05, 0) is 43.2 Å². The van der Waals surface area contributed by atoms with Crippen LogP contribution in [-0.2, 0) is 13.0 Å². The Bertz CT molecular complexity index is 605. The molecule has 0 saturated carbocycles. The number of methoxy groups -OCH3 is 1. The number of thiophene rings is 1. The van der Waals surface area contributed by atoms with E-state index in [1.165, 1.54) is 15.3 Å². The molecule has 0 aliphatic carbocycles. The average molecular weight is 317 g/mol. The molecular weight excluding hydrogens is 294 g/mol. The Morgan fingerprint density at radius 3 is 2.50 bits per heavy atom. The number of aliphatic imine (C=N–C) groups is 1. The Morgan fingerprint density at radius 1 is 1.14 bits per heavy atom. The van der Waals surface area contributed by atoms with Crippen LogP contribution in [0.1, 0.15) is 15.3 Å². The summed E-state index contributed by atoms with van der Waals surface area (Å²) in [6.45, 7) is 3.77. The Balaban J connectivity index is 1.73. The second-order valence-electron chi connectivity index (χ2n) is 4.96. The largest absolute Gasteiger partial charge is 0.497 e. The third-order valence-electron chi connectivity index (χ3n) is 3.31. The van der Waals surface area contributed by atoms with Gasteiger partial charge in [0.05, 0.1) is 13.7 Å². The molecule has 22 heavy (non-hydrogen) atoms. The minimum absolute atomic E-state index is 0.806. The summed E-state index contributed by atoms with van der Waals surface area (Å²) in [5.41, 5.74) is 1.28. The predicted octanol–water partition coefficient (Wildman–Crippen LogP) is 2.97. The molecule has 0 unspecified atom stereocenters. The summed E-state index contributed by atoms with van der Waals surface area (Å²) in [5, 5.41) is 6.67. The average Bonchev–Trinajstić information content (AvgIpc) is 2.96. The maximum atomic E-state index is 5.16. The van der Waals surface area contributed by atoms with Gasteiger partial charge in [0.25, 0.3) is 0 Å². The van der Waals surface area contributed by atoms with Crippen LogP contribution in [0, 0.1) is 6.92 Å². The van der Waals surface area contributed by atoms with Crippen molar-refractivity contribution in [3.05, 3.63) is 51.7 Å². The van der Waals surface area contributed by atoms with Crippen molar-refractivity contribution in [1.82, 2.24) is 10.6 Å². The number of aryl methyl sites for hydroxylation is 1. The second kappa shape index (κ2) is 8.44. The SMILES string of the molecule is CN=C(NCCc1ccc(OC)cc1)NCc1ccc(C)s1. The van der Waals surface area contributed by atoms with Gasteiger partial charge >= 0.3 is 0 Å². The molecule has 0 atom stereocenters. The van der Waals surface area contributed by atoms with E-state index >= 15 is 0 Å². The van der Waals surface area contributed by atoms with Gasteiger partial charge < -0.3 is 15.4 Å². The first-order valence-corrected chi connectivity index (χ1v) is 8.15. The fraction of sp³-hybridized carbons (Fsp3) is 0.353. The van der Waals surface area contributed by atoms with E-state index in [1.807, 2.05) is 23.5 Å². The van der Waals surface area contributed by atoms with Crippen LogP contribution in [0.15, 0.2) is 41.4 Å². The zero-order valence-corrected chi connectivity index (χ0v) is 14.2. The third-order valence-corrected chi connectivity index (χ3v) is 4.32. The van der Waals surface area contributed by atoms with E-state index in [4.69, 9.17) is 4.74 Å². The molecule has 5 heteroatoms. The maximum absolute atomic E-state index is 5.16. The Hall–Kier alpha value is -2.01. The number of hydrogen-bond acceptors (Lipinski definition) is 3. The second-order valence-corrected chi connectivity index (χ2v) is 6.34. The van der Waals surface area contributed by atoms with Crippen LogP contribution in [-0.4, -0.2) is 26.7 Å². The zero-order valence-electron chi connectivity index (χ0n) is 13.3. The molecule has 0 aliphatic heterocycles. The van der Waals surface area contributed by atoms with E-state index in [1.54, 1.807) is 14.2 Å². The van der Waals surface area contributed by atoms with E-state index in [0.29, 0.717) is 0 Å². The number of guanidine groups is 1. The molecule has 1 heterocycles. The molecule has 0 radical (unpaired) electrons. The molecule has 118 valence electrons. The predicted molar refractivity (Wildman–Crippen MR) is 94.0 cm³/mol. The van der Waals surface area contributed by atoms with Gasteiger partial charge in [0, 0.05) is 23.3 Å². The van der Waals surface area contributed by atoms with E-state index in [2.05, 4.69) is 46.8 Å². The normalized spacial score (nSPS) is 11.3. The molecule has 0 aliphatic rings. The molecule has 2 aromatic rings. The molecule has 2 rings (SSSR count). The van der Waals surface area contributed by atoms with Crippen molar-refractivity contribution in [2.24, 2.45) is 4.99 Å². The minimum Gasteiger partial charge on any atom is -0.497 e. The van der Waals surface area contributed by atoms with Gasteiger partial charge in [0.2, 0.25) is 0 Å².